The summed E-state index contributed by atoms with van der Waals surface area (Å²) in [5.74, 6) is 0.0859. The van der Waals surface area contributed by atoms with Gasteiger partial charge in [0.15, 0.2) is 0 Å². The van der Waals surface area contributed by atoms with Crippen molar-refractivity contribution in [2.75, 3.05) is 0 Å². The van der Waals surface area contributed by atoms with Crippen molar-refractivity contribution in [1.82, 2.24) is 0 Å². The van der Waals surface area contributed by atoms with Gasteiger partial charge in [-0.3, -0.25) is 4.79 Å². The van der Waals surface area contributed by atoms with E-state index >= 15 is 0 Å². The fourth-order valence-corrected chi connectivity index (χ4v) is 2.01. The molecule has 0 saturated carbocycles. The zero-order valence-corrected chi connectivity index (χ0v) is 11.6. The number of benzene rings is 1. The summed E-state index contributed by atoms with van der Waals surface area (Å²) in [6.45, 7) is 3.44. The van der Waals surface area contributed by atoms with Crippen molar-refractivity contribution in [2.45, 2.75) is 25.1 Å². The van der Waals surface area contributed by atoms with Gasteiger partial charge < -0.3 is 0 Å². The molecule has 1 atom stereocenters. The Labute approximate surface area is 108 Å². The molecule has 0 fully saturated rings. The lowest BCUT2D eigenvalue weighted by Gasteiger charge is -2.09. The van der Waals surface area contributed by atoms with Gasteiger partial charge in [-0.2, -0.15) is 0 Å². The van der Waals surface area contributed by atoms with E-state index in [1.54, 1.807) is 6.92 Å². The van der Waals surface area contributed by atoms with Crippen LogP contribution >= 0.6 is 39.1 Å². The van der Waals surface area contributed by atoms with Crippen molar-refractivity contribution in [3.63, 3.8) is 0 Å². The molecule has 0 aliphatic carbocycles. The van der Waals surface area contributed by atoms with Crippen LogP contribution in [-0.2, 0) is 11.2 Å². The molecule has 0 radical (unpaired) electrons. The minimum atomic E-state index is -0.200. The fourth-order valence-electron chi connectivity index (χ4n) is 1.18. The van der Waals surface area contributed by atoms with E-state index < -0.39 is 0 Å². The van der Waals surface area contributed by atoms with Crippen LogP contribution in [0.1, 0.15) is 18.1 Å². The van der Waals surface area contributed by atoms with Gasteiger partial charge in [0.1, 0.15) is 5.78 Å². The molecular formula is C11H11BrCl2O. The number of Topliss-reactive ketones (excluding diaryl/α,β-unsaturated/α-hetero) is 1. The van der Waals surface area contributed by atoms with E-state index in [4.69, 9.17) is 23.2 Å². The molecule has 1 unspecified atom stereocenters. The third-order valence-electron chi connectivity index (χ3n) is 2.17. The molecule has 82 valence electrons. The normalized spacial score (nSPS) is 12.6. The second-order valence-corrected chi connectivity index (χ2v) is 5.39. The van der Waals surface area contributed by atoms with Crippen molar-refractivity contribution in [2.24, 2.45) is 0 Å². The lowest BCUT2D eigenvalue weighted by atomic mass is 10.1. The Hall–Kier alpha value is -0.0500. The molecule has 0 heterocycles. The highest BCUT2D eigenvalue weighted by molar-refractivity contribution is 9.10. The molecule has 15 heavy (non-hydrogen) atoms. The molecule has 1 nitrogen and oxygen atoms in total. The summed E-state index contributed by atoms with van der Waals surface area (Å²) in [4.78, 5) is 10.9. The Morgan fingerprint density at radius 2 is 2.00 bits per heavy atom. The SMILES string of the molecule is CC(=O)C(Br)Cc1cc(Cl)c(C)cc1Cl. The van der Waals surface area contributed by atoms with Gasteiger partial charge in [0.25, 0.3) is 0 Å². The fraction of sp³-hybridized carbons (Fsp3) is 0.364. The summed E-state index contributed by atoms with van der Waals surface area (Å²) in [6, 6.07) is 3.63. The van der Waals surface area contributed by atoms with Crippen LogP contribution in [0.3, 0.4) is 0 Å². The summed E-state index contributed by atoms with van der Waals surface area (Å²) in [5, 5.41) is 1.33. The van der Waals surface area contributed by atoms with Gasteiger partial charge in [0.05, 0.1) is 4.83 Å². The first kappa shape index (κ1) is 13.0. The third kappa shape index (κ3) is 3.47. The van der Waals surface area contributed by atoms with Crippen LogP contribution in [0.5, 0.6) is 0 Å². The first-order chi connectivity index (χ1) is 6.91. The second-order valence-electron chi connectivity index (χ2n) is 3.48. The number of hydrogen-bond donors (Lipinski definition) is 0. The zero-order chi connectivity index (χ0) is 11.6. The van der Waals surface area contributed by atoms with Crippen LogP contribution in [0.2, 0.25) is 10.0 Å². The van der Waals surface area contributed by atoms with Crippen LogP contribution in [-0.4, -0.2) is 10.6 Å². The molecule has 4 heteroatoms. The van der Waals surface area contributed by atoms with Crippen LogP contribution in [0.4, 0.5) is 0 Å². The van der Waals surface area contributed by atoms with E-state index in [1.807, 2.05) is 19.1 Å². The number of ketones is 1. The highest BCUT2D eigenvalue weighted by Gasteiger charge is 2.13. The van der Waals surface area contributed by atoms with Gasteiger partial charge in [-0.1, -0.05) is 39.1 Å². The number of halogens is 3. The Balaban J connectivity index is 2.95. The van der Waals surface area contributed by atoms with E-state index in [-0.39, 0.29) is 10.6 Å². The smallest absolute Gasteiger partial charge is 0.143 e. The molecule has 0 amide bonds. The number of hydrogen-bond acceptors (Lipinski definition) is 1. The van der Waals surface area contributed by atoms with Gasteiger partial charge >= 0.3 is 0 Å². The van der Waals surface area contributed by atoms with Gasteiger partial charge in [0, 0.05) is 10.0 Å². The van der Waals surface area contributed by atoms with E-state index in [0.717, 1.165) is 11.1 Å². The quantitative estimate of drug-likeness (QED) is 0.765. The molecule has 1 rings (SSSR count). The van der Waals surface area contributed by atoms with Gasteiger partial charge in [-0.15, -0.1) is 0 Å². The second kappa shape index (κ2) is 5.33. The van der Waals surface area contributed by atoms with Gasteiger partial charge in [-0.25, -0.2) is 0 Å². The number of carbonyl (C=O) groups excluding carboxylic acids is 1. The molecule has 0 aliphatic rings. The largest absolute Gasteiger partial charge is 0.299 e. The van der Waals surface area contributed by atoms with Crippen molar-refractivity contribution in [1.29, 1.82) is 0 Å². The molecule has 0 aromatic heterocycles. The predicted octanol–water partition coefficient (Wildman–Crippen LogP) is 4.20. The van der Waals surface area contributed by atoms with Gasteiger partial charge in [-0.05, 0) is 43.5 Å². The van der Waals surface area contributed by atoms with Crippen LogP contribution in [0.15, 0.2) is 12.1 Å². The number of rotatable bonds is 3. The van der Waals surface area contributed by atoms with E-state index in [1.165, 1.54) is 0 Å². The Morgan fingerprint density at radius 3 is 2.53 bits per heavy atom. The first-order valence-corrected chi connectivity index (χ1v) is 6.18. The number of aryl methyl sites for hydroxylation is 1. The highest BCUT2D eigenvalue weighted by atomic mass is 79.9. The summed E-state index contributed by atoms with van der Waals surface area (Å²) >= 11 is 15.4. The zero-order valence-electron chi connectivity index (χ0n) is 8.48. The molecular weight excluding hydrogens is 299 g/mol. The summed E-state index contributed by atoms with van der Waals surface area (Å²) in [7, 11) is 0. The lowest BCUT2D eigenvalue weighted by molar-refractivity contribution is -0.116. The summed E-state index contributed by atoms with van der Waals surface area (Å²) in [6.07, 6.45) is 0.564. The van der Waals surface area contributed by atoms with E-state index in [9.17, 15) is 4.79 Å². The van der Waals surface area contributed by atoms with Crippen molar-refractivity contribution >= 4 is 44.9 Å². The molecule has 0 aliphatic heterocycles. The highest BCUT2D eigenvalue weighted by Crippen LogP contribution is 2.26. The molecule has 0 saturated heterocycles. The standard InChI is InChI=1S/C11H11BrCl2O/c1-6-3-11(14)8(5-10(6)13)4-9(12)7(2)15/h3,5,9H,4H2,1-2H3. The number of alkyl halides is 1. The maximum Gasteiger partial charge on any atom is 0.143 e. The monoisotopic (exact) mass is 308 g/mol. The minimum absolute atomic E-state index is 0.0859. The van der Waals surface area contributed by atoms with E-state index in [2.05, 4.69) is 15.9 Å². The van der Waals surface area contributed by atoms with Crippen LogP contribution in [0, 0.1) is 6.92 Å². The number of carbonyl (C=O) groups is 1. The molecule has 0 spiro atoms. The van der Waals surface area contributed by atoms with Crippen LogP contribution in [0.25, 0.3) is 0 Å². The third-order valence-corrected chi connectivity index (χ3v) is 3.90. The molecule has 0 bridgehead atoms. The van der Waals surface area contributed by atoms with Gasteiger partial charge in [0.2, 0.25) is 0 Å². The van der Waals surface area contributed by atoms with Crippen molar-refractivity contribution < 1.29 is 4.79 Å². The van der Waals surface area contributed by atoms with E-state index in [0.29, 0.717) is 16.5 Å². The predicted molar refractivity (Wildman–Crippen MR) is 68.3 cm³/mol. The molecule has 1 aromatic rings. The first-order valence-electron chi connectivity index (χ1n) is 4.51. The maximum absolute atomic E-state index is 11.1. The topological polar surface area (TPSA) is 17.1 Å². The Bertz CT molecular complexity index is 390. The van der Waals surface area contributed by atoms with Crippen LogP contribution < -0.4 is 0 Å². The maximum atomic E-state index is 11.1. The minimum Gasteiger partial charge on any atom is -0.299 e. The summed E-state index contributed by atoms with van der Waals surface area (Å²) < 4.78 is 0. The van der Waals surface area contributed by atoms with Crippen molar-refractivity contribution in [3.05, 3.63) is 33.3 Å². The average Bonchev–Trinajstić information content (AvgIpc) is 2.13. The molecule has 0 N–H and O–H groups in total. The summed E-state index contributed by atoms with van der Waals surface area (Å²) in [5.41, 5.74) is 1.84. The molecule has 1 aromatic carbocycles. The average molecular weight is 310 g/mol. The Kier molecular flexibility index (Phi) is 4.63. The Morgan fingerprint density at radius 1 is 1.40 bits per heavy atom. The lowest BCUT2D eigenvalue weighted by Crippen LogP contribution is -2.13. The van der Waals surface area contributed by atoms with Crippen molar-refractivity contribution in [3.8, 4) is 0 Å².